The summed E-state index contributed by atoms with van der Waals surface area (Å²) < 4.78 is 37.2. The molecule has 0 saturated heterocycles. The number of hydrogen-bond donors (Lipinski definition) is 4. The number of methoxy groups -OCH3 is 2. The van der Waals surface area contributed by atoms with Crippen LogP contribution in [0.5, 0.6) is 17.2 Å². The molecule has 2 atom stereocenters. The molecule has 194 valence electrons. The standard InChI is InChI=1S/C26H31BrN2O6S/c1-34-25-10-8-19(15-26(25)35-2)22(13-17-5-4-6-20(27)11-17)28-16-21(30)12-18-7-9-24(31)23(14-18)29-36(3,32)33/h4-11,14-15,21-22,28-31H,12-13,16H2,1-3H3. The quantitative estimate of drug-likeness (QED) is 0.240. The van der Waals surface area contributed by atoms with E-state index in [1.54, 1.807) is 20.3 Å². The molecule has 3 aromatic rings. The van der Waals surface area contributed by atoms with Crippen LogP contribution in [-0.2, 0) is 22.9 Å². The number of nitrogens with one attached hydrogen (secondary N) is 2. The SMILES string of the molecule is COc1ccc(C(Cc2cccc(Br)c2)NCC(O)Cc2ccc(O)c(NS(C)(=O)=O)c2)cc1OC. The lowest BCUT2D eigenvalue weighted by atomic mass is 9.97. The Bertz CT molecular complexity index is 1290. The van der Waals surface area contributed by atoms with E-state index < -0.39 is 16.1 Å². The Labute approximate surface area is 220 Å². The predicted molar refractivity (Wildman–Crippen MR) is 144 cm³/mol. The molecule has 3 rings (SSSR count). The number of rotatable bonds is 12. The molecule has 0 spiro atoms. The van der Waals surface area contributed by atoms with Crippen LogP contribution >= 0.6 is 15.9 Å². The van der Waals surface area contributed by atoms with Gasteiger partial charge in [0.1, 0.15) is 5.75 Å². The van der Waals surface area contributed by atoms with E-state index in [0.29, 0.717) is 23.5 Å². The number of ether oxygens (including phenoxy) is 2. The number of halogens is 1. The number of benzene rings is 3. The van der Waals surface area contributed by atoms with E-state index in [-0.39, 0.29) is 30.4 Å². The molecule has 0 radical (unpaired) electrons. The molecule has 36 heavy (non-hydrogen) atoms. The molecular formula is C26H31BrN2O6S. The molecule has 0 aliphatic heterocycles. The van der Waals surface area contributed by atoms with Crippen LogP contribution in [0.15, 0.2) is 65.1 Å². The van der Waals surface area contributed by atoms with Crippen molar-refractivity contribution in [1.82, 2.24) is 5.32 Å². The summed E-state index contributed by atoms with van der Waals surface area (Å²) in [5, 5.41) is 24.2. The van der Waals surface area contributed by atoms with Crippen LogP contribution in [0, 0.1) is 0 Å². The maximum atomic E-state index is 11.6. The number of aliphatic hydroxyl groups is 1. The highest BCUT2D eigenvalue weighted by Crippen LogP contribution is 2.31. The second kappa shape index (κ2) is 12.4. The van der Waals surface area contributed by atoms with Crippen LogP contribution in [0.4, 0.5) is 5.69 Å². The molecular weight excluding hydrogens is 548 g/mol. The van der Waals surface area contributed by atoms with Gasteiger partial charge < -0.3 is 25.0 Å². The maximum absolute atomic E-state index is 11.6. The first-order valence-electron chi connectivity index (χ1n) is 11.3. The molecule has 4 N–H and O–H groups in total. The minimum absolute atomic E-state index is 0.0769. The summed E-state index contributed by atoms with van der Waals surface area (Å²) in [5.41, 5.74) is 2.85. The zero-order valence-corrected chi connectivity index (χ0v) is 22.8. The van der Waals surface area contributed by atoms with Crippen LogP contribution in [0.2, 0.25) is 0 Å². The molecule has 0 bridgehead atoms. The lowest BCUT2D eigenvalue weighted by molar-refractivity contribution is 0.167. The fourth-order valence-corrected chi connectivity index (χ4v) is 4.90. The van der Waals surface area contributed by atoms with Crippen molar-refractivity contribution >= 4 is 31.6 Å². The van der Waals surface area contributed by atoms with Gasteiger partial charge in [-0.3, -0.25) is 4.72 Å². The summed E-state index contributed by atoms with van der Waals surface area (Å²) >= 11 is 3.52. The van der Waals surface area contributed by atoms with Gasteiger partial charge in [0.05, 0.1) is 32.3 Å². The van der Waals surface area contributed by atoms with Gasteiger partial charge in [0.25, 0.3) is 0 Å². The van der Waals surface area contributed by atoms with Crippen molar-refractivity contribution in [3.8, 4) is 17.2 Å². The molecule has 0 heterocycles. The number of phenols is 1. The van der Waals surface area contributed by atoms with Crippen molar-refractivity contribution in [2.45, 2.75) is 25.0 Å². The smallest absolute Gasteiger partial charge is 0.229 e. The Balaban J connectivity index is 1.76. The third-order valence-corrected chi connectivity index (χ3v) is 6.65. The van der Waals surface area contributed by atoms with Crippen LogP contribution in [0.3, 0.4) is 0 Å². The van der Waals surface area contributed by atoms with Gasteiger partial charge in [0.2, 0.25) is 10.0 Å². The highest BCUT2D eigenvalue weighted by atomic mass is 79.9. The Morgan fingerprint density at radius 3 is 2.33 bits per heavy atom. The van der Waals surface area contributed by atoms with Crippen LogP contribution in [-0.4, -0.2) is 51.8 Å². The Morgan fingerprint density at radius 2 is 1.67 bits per heavy atom. The number of phenolic OH excluding ortho intramolecular Hbond substituents is 1. The van der Waals surface area contributed by atoms with Gasteiger partial charge in [-0.1, -0.05) is 40.2 Å². The maximum Gasteiger partial charge on any atom is 0.229 e. The first-order valence-corrected chi connectivity index (χ1v) is 13.9. The molecule has 0 amide bonds. The second-order valence-corrected chi connectivity index (χ2v) is 11.2. The monoisotopic (exact) mass is 578 g/mol. The van der Waals surface area contributed by atoms with Crippen LogP contribution in [0.1, 0.15) is 22.7 Å². The van der Waals surface area contributed by atoms with Gasteiger partial charge in [-0.25, -0.2) is 8.42 Å². The molecule has 3 aromatic carbocycles. The van der Waals surface area contributed by atoms with Gasteiger partial charge >= 0.3 is 0 Å². The third kappa shape index (κ3) is 8.12. The fraction of sp³-hybridized carbons (Fsp3) is 0.308. The summed E-state index contributed by atoms with van der Waals surface area (Å²) in [5.74, 6) is 1.07. The fourth-order valence-electron chi connectivity index (χ4n) is 3.89. The van der Waals surface area contributed by atoms with Crippen molar-refractivity contribution in [2.24, 2.45) is 0 Å². The van der Waals surface area contributed by atoms with Gasteiger partial charge in [-0.15, -0.1) is 0 Å². The van der Waals surface area contributed by atoms with E-state index in [2.05, 4.69) is 32.0 Å². The van der Waals surface area contributed by atoms with E-state index in [9.17, 15) is 18.6 Å². The first-order chi connectivity index (χ1) is 17.1. The molecule has 0 aromatic heterocycles. The van der Waals surface area contributed by atoms with E-state index >= 15 is 0 Å². The number of aliphatic hydroxyl groups excluding tert-OH is 1. The predicted octanol–water partition coefficient (Wildman–Crippen LogP) is 4.02. The minimum atomic E-state index is -3.55. The lowest BCUT2D eigenvalue weighted by Crippen LogP contribution is -2.32. The summed E-state index contributed by atoms with van der Waals surface area (Å²) in [6.07, 6.45) is 1.19. The van der Waals surface area contributed by atoms with E-state index in [0.717, 1.165) is 21.9 Å². The Morgan fingerprint density at radius 1 is 0.944 bits per heavy atom. The summed E-state index contributed by atoms with van der Waals surface area (Å²) in [7, 11) is -0.370. The first kappa shape index (κ1) is 27.8. The zero-order chi connectivity index (χ0) is 26.3. The van der Waals surface area contributed by atoms with Crippen molar-refractivity contribution in [2.75, 3.05) is 31.7 Å². The topological polar surface area (TPSA) is 117 Å². The Kier molecular flexibility index (Phi) is 9.61. The molecule has 0 aliphatic carbocycles. The molecule has 0 saturated carbocycles. The number of aromatic hydroxyl groups is 1. The highest BCUT2D eigenvalue weighted by molar-refractivity contribution is 9.10. The van der Waals surface area contributed by atoms with Gasteiger partial charge in [-0.2, -0.15) is 0 Å². The number of sulfonamides is 1. The van der Waals surface area contributed by atoms with E-state index in [4.69, 9.17) is 9.47 Å². The highest BCUT2D eigenvalue weighted by Gasteiger charge is 2.18. The molecule has 0 aliphatic rings. The van der Waals surface area contributed by atoms with Crippen molar-refractivity contribution in [3.05, 3.63) is 81.8 Å². The Hall–Kier alpha value is -2.79. The van der Waals surface area contributed by atoms with Crippen molar-refractivity contribution in [3.63, 3.8) is 0 Å². The normalized spacial score (nSPS) is 13.1. The summed E-state index contributed by atoms with van der Waals surface area (Å²) in [6.45, 7) is 0.280. The average molecular weight is 580 g/mol. The van der Waals surface area contributed by atoms with E-state index in [1.807, 2.05) is 36.4 Å². The van der Waals surface area contributed by atoms with Gasteiger partial charge in [0.15, 0.2) is 11.5 Å². The molecule has 2 unspecified atom stereocenters. The molecule has 8 nitrogen and oxygen atoms in total. The lowest BCUT2D eigenvalue weighted by Gasteiger charge is -2.23. The molecule has 10 heteroatoms. The van der Waals surface area contributed by atoms with Gasteiger partial charge in [0, 0.05) is 17.1 Å². The van der Waals surface area contributed by atoms with Crippen molar-refractivity contribution < 1.29 is 28.1 Å². The summed E-state index contributed by atoms with van der Waals surface area (Å²) in [4.78, 5) is 0. The average Bonchev–Trinajstić information content (AvgIpc) is 2.82. The molecule has 0 fully saturated rings. The number of anilines is 1. The van der Waals surface area contributed by atoms with Gasteiger partial charge in [-0.05, 0) is 65.9 Å². The summed E-state index contributed by atoms with van der Waals surface area (Å²) in [6, 6.07) is 18.2. The van der Waals surface area contributed by atoms with Crippen molar-refractivity contribution in [1.29, 1.82) is 0 Å². The second-order valence-electron chi connectivity index (χ2n) is 8.49. The van der Waals surface area contributed by atoms with E-state index in [1.165, 1.54) is 12.1 Å². The van der Waals surface area contributed by atoms with Crippen LogP contribution in [0.25, 0.3) is 0 Å². The minimum Gasteiger partial charge on any atom is -0.506 e. The zero-order valence-electron chi connectivity index (χ0n) is 20.4. The van der Waals surface area contributed by atoms with Crippen LogP contribution < -0.4 is 19.5 Å². The number of hydrogen-bond acceptors (Lipinski definition) is 7. The third-order valence-electron chi connectivity index (χ3n) is 5.57. The largest absolute Gasteiger partial charge is 0.506 e.